The highest BCUT2D eigenvalue weighted by atomic mass is 16.6. The Bertz CT molecular complexity index is 588. The van der Waals surface area contributed by atoms with Crippen LogP contribution in [0.4, 0.5) is 10.5 Å². The van der Waals surface area contributed by atoms with Gasteiger partial charge in [-0.3, -0.25) is 21.0 Å². The smallest absolute Gasteiger partial charge is 0.314 e. The molecule has 0 radical (unpaired) electrons. The zero-order valence-electron chi connectivity index (χ0n) is 11.6. The van der Waals surface area contributed by atoms with E-state index in [4.69, 9.17) is 0 Å². The average Bonchev–Trinajstić information content (AvgIpc) is 2.47. The number of carbonyl (C=O) groups is 1. The highest BCUT2D eigenvalue weighted by Crippen LogP contribution is 2.18. The quantitative estimate of drug-likeness (QED) is 0.364. The molecule has 1 aromatic rings. The van der Waals surface area contributed by atoms with Crippen LogP contribution in [0.3, 0.4) is 0 Å². The number of benzene rings is 1. The molecule has 2 atom stereocenters. The number of nitro groups is 1. The van der Waals surface area contributed by atoms with E-state index in [9.17, 15) is 14.9 Å². The Labute approximate surface area is 120 Å². The normalized spacial score (nSPS) is 22.2. The van der Waals surface area contributed by atoms with Gasteiger partial charge >= 0.3 is 6.03 Å². The van der Waals surface area contributed by atoms with Crippen LogP contribution in [0.1, 0.15) is 19.4 Å². The summed E-state index contributed by atoms with van der Waals surface area (Å²) in [6, 6.07) is 5.87. The Balaban J connectivity index is 2.14. The molecule has 2 amide bonds. The molecule has 0 spiro atoms. The lowest BCUT2D eigenvalue weighted by Crippen LogP contribution is -2.67. The fourth-order valence-corrected chi connectivity index (χ4v) is 1.87. The number of para-hydroxylation sites is 1. The van der Waals surface area contributed by atoms with Crippen LogP contribution in [0.15, 0.2) is 29.4 Å². The first-order valence-electron chi connectivity index (χ1n) is 6.34. The molecular weight excluding hydrogens is 276 g/mol. The maximum atomic E-state index is 11.2. The lowest BCUT2D eigenvalue weighted by atomic mass is 10.1. The van der Waals surface area contributed by atoms with Crippen LogP contribution in [-0.4, -0.2) is 28.9 Å². The Morgan fingerprint density at radius 2 is 2.14 bits per heavy atom. The number of hydrogen-bond donors (Lipinski definition) is 4. The Morgan fingerprint density at radius 3 is 2.86 bits per heavy atom. The van der Waals surface area contributed by atoms with Crippen molar-refractivity contribution >= 4 is 17.4 Å². The van der Waals surface area contributed by atoms with Crippen LogP contribution >= 0.6 is 0 Å². The molecule has 112 valence electrons. The minimum atomic E-state index is -0.454. The molecule has 1 aliphatic rings. The Kier molecular flexibility index (Phi) is 4.33. The van der Waals surface area contributed by atoms with Gasteiger partial charge in [0.1, 0.15) is 6.17 Å². The highest BCUT2D eigenvalue weighted by molar-refractivity contribution is 6.02. The van der Waals surface area contributed by atoms with Gasteiger partial charge < -0.3 is 5.32 Å². The lowest BCUT2D eigenvalue weighted by Gasteiger charge is -2.30. The summed E-state index contributed by atoms with van der Waals surface area (Å²) >= 11 is 0. The fraction of sp³-hybridized carbons (Fsp3) is 0.333. The molecule has 0 saturated carbocycles. The molecular formula is C12H16N6O3. The van der Waals surface area contributed by atoms with Gasteiger partial charge in [0.2, 0.25) is 0 Å². The second-order valence-electron chi connectivity index (χ2n) is 4.61. The second kappa shape index (κ2) is 6.18. The van der Waals surface area contributed by atoms with Crippen molar-refractivity contribution in [2.75, 3.05) is 0 Å². The molecule has 1 saturated heterocycles. The molecule has 4 N–H and O–H groups in total. The van der Waals surface area contributed by atoms with Crippen molar-refractivity contribution in [3.8, 4) is 0 Å². The predicted octanol–water partition coefficient (Wildman–Crippen LogP) is 0.440. The van der Waals surface area contributed by atoms with Crippen LogP contribution < -0.4 is 21.6 Å². The summed E-state index contributed by atoms with van der Waals surface area (Å²) in [5.41, 5.74) is 8.87. The molecule has 2 unspecified atom stereocenters. The Hall–Kier alpha value is -2.68. The average molecular weight is 292 g/mol. The van der Waals surface area contributed by atoms with Gasteiger partial charge in [-0.25, -0.2) is 10.2 Å². The summed E-state index contributed by atoms with van der Waals surface area (Å²) in [5.74, 6) is 0. The third kappa shape index (κ3) is 3.45. The first-order chi connectivity index (χ1) is 9.99. The zero-order valence-corrected chi connectivity index (χ0v) is 11.6. The first-order valence-corrected chi connectivity index (χ1v) is 6.34. The van der Waals surface area contributed by atoms with Gasteiger partial charge in [0.05, 0.1) is 22.2 Å². The van der Waals surface area contributed by atoms with Crippen molar-refractivity contribution in [3.05, 3.63) is 39.9 Å². The molecule has 2 rings (SSSR count). The molecule has 9 nitrogen and oxygen atoms in total. The van der Waals surface area contributed by atoms with Crippen molar-refractivity contribution in [2.45, 2.75) is 26.1 Å². The standard InChI is InChI=1S/C12H16N6O3/c1-7(9-5-3-4-6-10(9)18(20)21)14-16-11-8(2)15-17-12(19)13-11/h3-6,8,11,15-16H,1-2H3,(H2,13,17,19)/b14-7+. The van der Waals surface area contributed by atoms with Gasteiger partial charge in [0.25, 0.3) is 5.69 Å². The summed E-state index contributed by atoms with van der Waals surface area (Å²) in [6.07, 6.45) is -0.420. The van der Waals surface area contributed by atoms with Crippen molar-refractivity contribution in [3.63, 3.8) is 0 Å². The maximum absolute atomic E-state index is 11.2. The summed E-state index contributed by atoms with van der Waals surface area (Å²) in [6.45, 7) is 3.51. The Morgan fingerprint density at radius 1 is 1.43 bits per heavy atom. The maximum Gasteiger partial charge on any atom is 0.330 e. The number of hydrazone groups is 1. The van der Waals surface area contributed by atoms with E-state index in [1.165, 1.54) is 6.07 Å². The number of hydrogen-bond acceptors (Lipinski definition) is 6. The van der Waals surface area contributed by atoms with Crippen LogP contribution in [0.5, 0.6) is 0 Å². The number of amides is 2. The predicted molar refractivity (Wildman–Crippen MR) is 76.5 cm³/mol. The monoisotopic (exact) mass is 292 g/mol. The molecule has 21 heavy (non-hydrogen) atoms. The number of rotatable bonds is 4. The summed E-state index contributed by atoms with van der Waals surface area (Å²) in [7, 11) is 0. The van der Waals surface area contributed by atoms with Crippen molar-refractivity contribution in [1.29, 1.82) is 0 Å². The van der Waals surface area contributed by atoms with Gasteiger partial charge in [0.15, 0.2) is 0 Å². The summed E-state index contributed by atoms with van der Waals surface area (Å²) in [5, 5.41) is 17.8. The summed E-state index contributed by atoms with van der Waals surface area (Å²) in [4.78, 5) is 21.7. The van der Waals surface area contributed by atoms with E-state index in [1.807, 2.05) is 6.92 Å². The number of nitro benzene ring substituents is 1. The van der Waals surface area contributed by atoms with Crippen LogP contribution in [0, 0.1) is 10.1 Å². The first kappa shape index (κ1) is 14.7. The molecule has 1 fully saturated rings. The highest BCUT2D eigenvalue weighted by Gasteiger charge is 2.24. The third-order valence-electron chi connectivity index (χ3n) is 3.06. The SMILES string of the molecule is C/C(=N\NC1NC(=O)NNC1C)c1ccccc1[N+](=O)[O-]. The van der Waals surface area contributed by atoms with E-state index >= 15 is 0 Å². The van der Waals surface area contributed by atoms with E-state index < -0.39 is 11.1 Å². The zero-order chi connectivity index (χ0) is 15.4. The molecule has 9 heteroatoms. The molecule has 1 aromatic carbocycles. The lowest BCUT2D eigenvalue weighted by molar-refractivity contribution is -0.385. The topological polar surface area (TPSA) is 121 Å². The molecule has 1 heterocycles. The van der Waals surface area contributed by atoms with Gasteiger partial charge in [-0.2, -0.15) is 5.10 Å². The van der Waals surface area contributed by atoms with Crippen LogP contribution in [0.25, 0.3) is 0 Å². The van der Waals surface area contributed by atoms with E-state index in [-0.39, 0.29) is 17.8 Å². The van der Waals surface area contributed by atoms with E-state index in [0.717, 1.165) is 0 Å². The summed E-state index contributed by atoms with van der Waals surface area (Å²) < 4.78 is 0. The van der Waals surface area contributed by atoms with E-state index in [0.29, 0.717) is 11.3 Å². The van der Waals surface area contributed by atoms with Crippen molar-refractivity contribution in [1.82, 2.24) is 21.6 Å². The van der Waals surface area contributed by atoms with Gasteiger partial charge in [0, 0.05) is 6.07 Å². The minimum absolute atomic E-state index is 0.0129. The van der Waals surface area contributed by atoms with E-state index in [1.54, 1.807) is 25.1 Å². The van der Waals surface area contributed by atoms with Gasteiger partial charge in [-0.15, -0.1) is 0 Å². The van der Waals surface area contributed by atoms with Crippen molar-refractivity contribution < 1.29 is 9.72 Å². The number of nitrogens with zero attached hydrogens (tertiary/aromatic N) is 2. The number of hydrazine groups is 1. The number of carbonyl (C=O) groups excluding carboxylic acids is 1. The molecule has 0 aliphatic carbocycles. The van der Waals surface area contributed by atoms with Gasteiger partial charge in [-0.05, 0) is 19.9 Å². The van der Waals surface area contributed by atoms with E-state index in [2.05, 4.69) is 26.7 Å². The van der Waals surface area contributed by atoms with Crippen LogP contribution in [-0.2, 0) is 0 Å². The minimum Gasteiger partial charge on any atom is -0.314 e. The number of urea groups is 1. The second-order valence-corrected chi connectivity index (χ2v) is 4.61. The fourth-order valence-electron chi connectivity index (χ4n) is 1.87. The van der Waals surface area contributed by atoms with Crippen molar-refractivity contribution in [2.24, 2.45) is 5.10 Å². The molecule has 0 aromatic heterocycles. The largest absolute Gasteiger partial charge is 0.330 e. The third-order valence-corrected chi connectivity index (χ3v) is 3.06. The van der Waals surface area contributed by atoms with Crippen LogP contribution in [0.2, 0.25) is 0 Å². The molecule has 1 aliphatic heterocycles. The molecule has 0 bridgehead atoms. The van der Waals surface area contributed by atoms with Gasteiger partial charge in [-0.1, -0.05) is 12.1 Å². The number of nitrogens with one attached hydrogen (secondary N) is 4.